The molecule has 1 aromatic carbocycles. The van der Waals surface area contributed by atoms with Crippen LogP contribution >= 0.6 is 0 Å². The summed E-state index contributed by atoms with van der Waals surface area (Å²) in [6, 6.07) is 5.13. The molecule has 0 aliphatic carbocycles. The number of aromatic nitrogens is 2. The van der Waals surface area contributed by atoms with E-state index in [1.54, 1.807) is 18.2 Å². The van der Waals surface area contributed by atoms with Gasteiger partial charge in [-0.2, -0.15) is 0 Å². The topological polar surface area (TPSA) is 55.2 Å². The molecule has 0 amide bonds. The molecule has 2 heterocycles. The molecule has 5 heteroatoms. The number of hydrogen-bond acceptors (Lipinski definition) is 4. The minimum atomic E-state index is -0.303. The summed E-state index contributed by atoms with van der Waals surface area (Å²) in [5.41, 5.74) is 1.45. The number of phenolic OH excluding ortho intramolecular Hbond substituents is 1. The fraction of sp³-hybridized carbons (Fsp3) is 0.333. The van der Waals surface area contributed by atoms with Crippen LogP contribution in [-0.2, 0) is 5.60 Å². The molecule has 4 nitrogen and oxygen atoms in total. The zero-order valence-corrected chi connectivity index (χ0v) is 11.3. The van der Waals surface area contributed by atoms with E-state index in [-0.39, 0.29) is 26.1 Å². The number of rotatable bonds is 1. The van der Waals surface area contributed by atoms with Crippen LogP contribution in [0.4, 0.5) is 0 Å². The monoisotopic (exact) mass is 296 g/mol. The van der Waals surface area contributed by atoms with Crippen molar-refractivity contribution in [1.29, 1.82) is 0 Å². The third kappa shape index (κ3) is 1.50. The Balaban J connectivity index is 2.27. The summed E-state index contributed by atoms with van der Waals surface area (Å²) < 4.78 is 11.4. The van der Waals surface area contributed by atoms with E-state index in [2.05, 4.69) is 23.0 Å². The number of ether oxygens (including phenoxy) is 1. The van der Waals surface area contributed by atoms with Gasteiger partial charge in [0.05, 0.1) is 0 Å². The van der Waals surface area contributed by atoms with Crippen LogP contribution in [0.5, 0.6) is 11.5 Å². The number of phenols is 1. The number of fused-ring (bicyclic) bond motifs is 3. The van der Waals surface area contributed by atoms with Gasteiger partial charge in [0.1, 0.15) is 0 Å². The maximum atomic E-state index is 9.55. The van der Waals surface area contributed by atoms with Gasteiger partial charge in [-0.25, -0.2) is 0 Å². The fourth-order valence-electron chi connectivity index (χ4n) is 2.03. The molecule has 2 aromatic rings. The van der Waals surface area contributed by atoms with Crippen LogP contribution in [0.3, 0.4) is 0 Å². The number of aromatic hydroxyl groups is 1. The number of hydrogen-bond donors (Lipinski definition) is 1. The Morgan fingerprint density at radius 2 is 2.29 bits per heavy atom. The van der Waals surface area contributed by atoms with Crippen LogP contribution in [0.2, 0.25) is 0 Å². The molecule has 1 aliphatic rings. The molecule has 1 aromatic heterocycles. The minimum absolute atomic E-state index is 0.0171. The Morgan fingerprint density at radius 3 is 3.06 bits per heavy atom. The molecule has 3 rings (SSSR count). The van der Waals surface area contributed by atoms with E-state index in [4.69, 9.17) is 4.74 Å². The second-order valence-corrected chi connectivity index (χ2v) is 5.90. The standard InChI is InChI=1S/C12H12N2O2Se/c1-3-12(2)11-10(13-14-17-11)8-6-7(15)4-5-9(8)16-12/h4-6,15H,3H2,1-2H3. The average molecular weight is 295 g/mol. The quantitative estimate of drug-likeness (QED) is 0.817. The van der Waals surface area contributed by atoms with E-state index >= 15 is 0 Å². The van der Waals surface area contributed by atoms with Gasteiger partial charge in [-0.15, -0.1) is 0 Å². The molecular weight excluding hydrogens is 283 g/mol. The Kier molecular flexibility index (Phi) is 2.28. The van der Waals surface area contributed by atoms with Crippen molar-refractivity contribution in [1.82, 2.24) is 9.19 Å². The predicted molar refractivity (Wildman–Crippen MR) is 64.3 cm³/mol. The van der Waals surface area contributed by atoms with Crippen molar-refractivity contribution >= 4 is 14.7 Å². The SMILES string of the molecule is CCC1(C)Oc2ccc(O)cc2-c2nn[se]c21. The van der Waals surface area contributed by atoms with Crippen LogP contribution in [0.25, 0.3) is 11.3 Å². The van der Waals surface area contributed by atoms with E-state index < -0.39 is 0 Å². The molecule has 1 atom stereocenters. The first kappa shape index (κ1) is 10.8. The van der Waals surface area contributed by atoms with E-state index in [0.717, 1.165) is 23.4 Å². The van der Waals surface area contributed by atoms with Gasteiger partial charge in [0.2, 0.25) is 0 Å². The summed E-state index contributed by atoms with van der Waals surface area (Å²) in [5.74, 6) is 1.01. The summed E-state index contributed by atoms with van der Waals surface area (Å²) >= 11 is 0.0171. The first-order valence-corrected chi connectivity index (χ1v) is 7.11. The first-order valence-electron chi connectivity index (χ1n) is 5.49. The van der Waals surface area contributed by atoms with Gasteiger partial charge in [-0.05, 0) is 0 Å². The molecule has 1 unspecified atom stereocenters. The van der Waals surface area contributed by atoms with Gasteiger partial charge in [0.15, 0.2) is 0 Å². The van der Waals surface area contributed by atoms with Crippen LogP contribution in [-0.4, -0.2) is 29.0 Å². The molecule has 0 saturated carbocycles. The van der Waals surface area contributed by atoms with Crippen molar-refractivity contribution in [2.45, 2.75) is 25.9 Å². The van der Waals surface area contributed by atoms with Gasteiger partial charge >= 0.3 is 105 Å². The zero-order valence-electron chi connectivity index (χ0n) is 9.60. The molecule has 0 bridgehead atoms. The van der Waals surface area contributed by atoms with E-state index in [1.165, 1.54) is 4.44 Å². The molecule has 17 heavy (non-hydrogen) atoms. The molecule has 1 N–H and O–H groups in total. The summed E-state index contributed by atoms with van der Waals surface area (Å²) in [4.78, 5) is 0. The van der Waals surface area contributed by atoms with Crippen LogP contribution in [0.15, 0.2) is 18.2 Å². The van der Waals surface area contributed by atoms with Crippen LogP contribution in [0, 0.1) is 0 Å². The normalized spacial score (nSPS) is 21.5. The second-order valence-electron chi connectivity index (χ2n) is 4.32. The fourth-order valence-corrected chi connectivity index (χ4v) is 3.75. The van der Waals surface area contributed by atoms with Gasteiger partial charge in [0.25, 0.3) is 0 Å². The van der Waals surface area contributed by atoms with Crippen LogP contribution in [0.1, 0.15) is 24.7 Å². The summed E-state index contributed by atoms with van der Waals surface area (Å²) in [6.07, 6.45) is 0.888. The summed E-state index contributed by atoms with van der Waals surface area (Å²) in [7, 11) is 0. The van der Waals surface area contributed by atoms with Crippen molar-refractivity contribution in [3.05, 3.63) is 22.6 Å². The number of nitrogens with zero attached hydrogens (tertiary/aromatic N) is 2. The second kappa shape index (κ2) is 3.59. The van der Waals surface area contributed by atoms with Crippen molar-refractivity contribution in [3.8, 4) is 22.8 Å². The molecule has 1 aliphatic heterocycles. The van der Waals surface area contributed by atoms with Gasteiger partial charge in [0, 0.05) is 0 Å². The third-order valence-electron chi connectivity index (χ3n) is 3.20. The Hall–Kier alpha value is -1.32. The Bertz CT molecular complexity index is 582. The van der Waals surface area contributed by atoms with E-state index in [9.17, 15) is 5.11 Å². The number of benzene rings is 1. The van der Waals surface area contributed by atoms with Gasteiger partial charge in [-0.3, -0.25) is 0 Å². The molecule has 0 spiro atoms. The Labute approximate surface area is 105 Å². The van der Waals surface area contributed by atoms with Gasteiger partial charge < -0.3 is 0 Å². The molecule has 0 fully saturated rings. The molecular formula is C12H12N2O2Se. The first-order chi connectivity index (χ1) is 8.14. The summed E-state index contributed by atoms with van der Waals surface area (Å²) in [6.45, 7) is 4.18. The maximum absolute atomic E-state index is 9.55. The predicted octanol–water partition coefficient (Wildman–Crippen LogP) is 1.92. The molecule has 88 valence electrons. The third-order valence-corrected chi connectivity index (χ3v) is 5.23. The average Bonchev–Trinajstić information content (AvgIpc) is 2.81. The summed E-state index contributed by atoms with van der Waals surface area (Å²) in [5, 5.41) is 13.8. The van der Waals surface area contributed by atoms with Crippen molar-refractivity contribution in [2.75, 3.05) is 0 Å². The molecule has 0 radical (unpaired) electrons. The van der Waals surface area contributed by atoms with Crippen molar-refractivity contribution in [2.24, 2.45) is 0 Å². The van der Waals surface area contributed by atoms with Crippen molar-refractivity contribution < 1.29 is 9.84 Å². The van der Waals surface area contributed by atoms with Crippen LogP contribution < -0.4 is 4.74 Å². The zero-order chi connectivity index (χ0) is 12.0. The van der Waals surface area contributed by atoms with E-state index in [1.807, 2.05) is 0 Å². The van der Waals surface area contributed by atoms with Crippen molar-refractivity contribution in [3.63, 3.8) is 0 Å². The van der Waals surface area contributed by atoms with Gasteiger partial charge in [-0.1, -0.05) is 0 Å². The molecule has 0 saturated heterocycles. The Morgan fingerprint density at radius 1 is 1.47 bits per heavy atom. The van der Waals surface area contributed by atoms with E-state index in [0.29, 0.717) is 0 Å².